The van der Waals surface area contributed by atoms with E-state index in [1.54, 1.807) is 41.1 Å². The molecule has 8 aliphatic heterocycles. The highest BCUT2D eigenvalue weighted by atomic mass is 32.2. The number of carbonyl (C=O) groups is 3. The van der Waals surface area contributed by atoms with E-state index in [2.05, 4.69) is 216 Å². The second-order valence-electron chi connectivity index (χ2n) is 47.8. The smallest absolute Gasteiger partial charge is 0.406 e. The van der Waals surface area contributed by atoms with Crippen molar-refractivity contribution in [3.8, 4) is 0 Å². The molecule has 0 aromatic carbocycles. The third kappa shape index (κ3) is 35.0. The maximum atomic E-state index is 12.4. The Bertz CT molecular complexity index is 6000. The maximum Gasteiger partial charge on any atom is 0.406 e. The summed E-state index contributed by atoms with van der Waals surface area (Å²) in [6.45, 7) is 67.9. The molecule has 148 heavy (non-hydrogen) atoms. The van der Waals surface area contributed by atoms with Crippen LogP contribution < -0.4 is 20.1 Å². The van der Waals surface area contributed by atoms with Gasteiger partial charge < -0.3 is 33.9 Å². The first-order chi connectivity index (χ1) is 68.7. The molecule has 2 saturated carbocycles. The molecule has 3 amide bonds. The minimum atomic E-state index is -3.52. The van der Waals surface area contributed by atoms with E-state index in [0.717, 1.165) is 199 Å². The van der Waals surface area contributed by atoms with Crippen LogP contribution in [0.15, 0.2) is 0 Å². The standard InChI is InChI=1S/C16H25N3O2S.C15H23N3O3S2.C15H25N3O2S2.C15H26N2OS.C14H25N3O2S2.C14H23N3O2S.C14H25N2O3PS/c1-15(2,3)13-18-11-5-8-19(9-12(11)22-13)16(6-7-16)10-17-14(20)21-4;1-14(2,3)13-16-10-5-8-18(9-11(10)22-13)15(6-7-15)12(19)17-23(4,20)21;1-15(2,3)14-17-11-9-10-5-6-12(13(11)21-14)18(10)8-7-16-22(4,19)20;1-5-9-18-10-8-17-7-6-12-13(11-17)19-14(16-12)15(2,3)4;1-14(2,3)13-15-11-6-7-17(10-12(11)20-13)9-8-16(4)21(5,18)19;1-14(2,3)12-16-10-5-7-17(9-11(10)20-12)8-6-15-13(18)19-4;1-14(2,3)13-15-11-6-7-16(10-12(11)21-13)8-9-20(17,18-4)19-5/h5-10H2,1-4H3,(H,17,20);5-9H2,1-4H3,(H,17,19);10,12,16H,5-9H2,1-4H3;5-11H2,1-4H3;6-10H2,1-5H3;5-9H2,1-4H3,(H,15,18);6-10H2,1-5H3. The van der Waals surface area contributed by atoms with Gasteiger partial charge in [0.15, 0.2) is 0 Å². The second kappa shape index (κ2) is 50.7. The van der Waals surface area contributed by atoms with Crippen molar-refractivity contribution < 1.29 is 67.5 Å². The van der Waals surface area contributed by atoms with E-state index in [0.29, 0.717) is 63.8 Å². The summed E-state index contributed by atoms with van der Waals surface area (Å²) in [5.41, 5.74) is 9.02. The van der Waals surface area contributed by atoms with Gasteiger partial charge in [-0.05, 0) is 44.9 Å². The molecule has 7 aromatic rings. The zero-order valence-corrected chi connectivity index (χ0v) is 103. The second-order valence-corrected chi connectivity index (χ2v) is 63.4. The number of amides is 3. The quantitative estimate of drug-likeness (QED) is 0.0274. The van der Waals surface area contributed by atoms with Crippen molar-refractivity contribution in [2.45, 2.75) is 343 Å². The molecule has 45 heteroatoms. The Morgan fingerprint density at radius 1 is 0.432 bits per heavy atom. The van der Waals surface area contributed by atoms with Crippen molar-refractivity contribution in [1.82, 2.24) is 93.6 Å². The van der Waals surface area contributed by atoms with E-state index < -0.39 is 43.2 Å². The van der Waals surface area contributed by atoms with Gasteiger partial charge in [-0.15, -0.1) is 79.4 Å². The van der Waals surface area contributed by atoms with Gasteiger partial charge in [-0.3, -0.25) is 48.4 Å². The SMILES string of the molecule is CC(C)(C)c1nc2c(s1)C1CCC(C2)N1CCNS(C)(=O)=O.CC(C)(C)c1nc2c(s1)CN(C1(C(=O)NS(C)(=O)=O)CC1)CC2.CCCOCCN1CCc2nc(C(C)(C)C)sc2C1.CN(CCN1CCc2nc(C(C)(C)C)sc2C1)S(C)(=O)=O.COC(=O)NCC1(N2CCc3nc(C(C)(C)C)sc3C2)CC1.COC(=O)NCCN1CCc2nc(C(C)(C)C)sc2C1.COP(=O)(CCN1CCc2nc(C(C)(C)C)sc2C1)OC. The van der Waals surface area contributed by atoms with Crippen LogP contribution in [0.1, 0.15) is 312 Å². The average molecular weight is 2270 g/mol. The molecule has 7 aromatic heterocycles. The van der Waals surface area contributed by atoms with E-state index in [1.165, 1.54) is 156 Å². The summed E-state index contributed by atoms with van der Waals surface area (Å²) in [5.74, 6) is -0.385. The molecule has 2 aliphatic carbocycles. The number of ether oxygens (including phenoxy) is 3. The minimum absolute atomic E-state index is 0.0256. The number of nitrogens with zero attached hydrogens (tertiary/aromatic N) is 15. The van der Waals surface area contributed by atoms with E-state index in [1.807, 2.05) is 45.3 Å². The summed E-state index contributed by atoms with van der Waals surface area (Å²) in [4.78, 5) is 94.5. The number of hydrogen-bond acceptors (Lipinski definition) is 36. The van der Waals surface area contributed by atoms with E-state index >= 15 is 0 Å². The topological polar surface area (TPSA) is 381 Å². The molecule has 2 bridgehead atoms. The number of likely N-dealkylation sites (N-methyl/N-ethyl adjacent to an activating group) is 1. The first kappa shape index (κ1) is 123. The fourth-order valence-electron chi connectivity index (χ4n) is 18.2. The molecule has 2 unspecified atom stereocenters. The van der Waals surface area contributed by atoms with E-state index in [-0.39, 0.29) is 61.5 Å². The summed E-state index contributed by atoms with van der Waals surface area (Å²) >= 11 is 12.7. The Balaban J connectivity index is 0.000000164. The number of thiazole rings is 7. The van der Waals surface area contributed by atoms with Gasteiger partial charge in [0.05, 0.1) is 121 Å². The molecule has 17 rings (SSSR count). The molecular weight excluding hydrogens is 2090 g/mol. The molecule has 34 nitrogen and oxygen atoms in total. The number of alkyl carbamates (subject to hydrolysis) is 2. The van der Waals surface area contributed by atoms with Crippen LogP contribution >= 0.6 is 87.0 Å². The molecule has 3 fully saturated rings. The Kier molecular flexibility index (Phi) is 42.2. The lowest BCUT2D eigenvalue weighted by atomic mass is 9.98. The van der Waals surface area contributed by atoms with Crippen LogP contribution in [0.3, 0.4) is 0 Å². The first-order valence-electron chi connectivity index (χ1n) is 52.1. The first-order valence-corrected chi connectivity index (χ1v) is 65.2. The number of sulfonamides is 3. The molecule has 2 atom stereocenters. The Morgan fingerprint density at radius 2 is 0.797 bits per heavy atom. The number of nitrogens with one attached hydrogen (secondary N) is 4. The van der Waals surface area contributed by atoms with Crippen molar-refractivity contribution >= 4 is 135 Å². The van der Waals surface area contributed by atoms with E-state index in [4.69, 9.17) is 48.7 Å². The number of rotatable bonds is 27. The van der Waals surface area contributed by atoms with Crippen molar-refractivity contribution in [3.63, 3.8) is 0 Å². The average Bonchev–Trinajstić information content (AvgIpc) is 1.58. The van der Waals surface area contributed by atoms with Crippen LogP contribution in [0, 0.1) is 0 Å². The number of aromatic nitrogens is 7. The summed E-state index contributed by atoms with van der Waals surface area (Å²) in [5, 5.41) is 14.1. The molecular formula is C103H172N19O15PS10. The molecule has 0 radical (unpaired) electrons. The third-order valence-electron chi connectivity index (χ3n) is 27.6. The third-order valence-corrected chi connectivity index (χ3v) is 42.8. The number of hydrogen-bond donors (Lipinski definition) is 4. The van der Waals surface area contributed by atoms with Crippen LogP contribution in [-0.2, 0) is 185 Å². The molecule has 15 heterocycles. The van der Waals surface area contributed by atoms with Gasteiger partial charge in [0.2, 0.25) is 30.1 Å². The maximum absolute atomic E-state index is 12.4. The minimum Gasteiger partial charge on any atom is -0.453 e. The summed E-state index contributed by atoms with van der Waals surface area (Å²) in [7, 11) is -5.30. The van der Waals surface area contributed by atoms with Crippen molar-refractivity contribution in [2.75, 3.05) is 172 Å². The van der Waals surface area contributed by atoms with Gasteiger partial charge in [-0.1, -0.05) is 152 Å². The number of fused-ring (bicyclic) bond motifs is 10. The molecule has 10 aliphatic rings. The molecule has 1 saturated heterocycles. The molecule has 834 valence electrons. The number of carbonyl (C=O) groups excluding carboxylic acids is 3. The fraction of sp³-hybridized carbons (Fsp3) is 0.767. The zero-order chi connectivity index (χ0) is 109. The largest absolute Gasteiger partial charge is 0.453 e. The lowest BCUT2D eigenvalue weighted by Gasteiger charge is -2.34. The summed E-state index contributed by atoms with van der Waals surface area (Å²) < 4.78 is 111. The van der Waals surface area contributed by atoms with Gasteiger partial charge >= 0.3 is 19.8 Å². The van der Waals surface area contributed by atoms with Gasteiger partial charge in [0.1, 0.15) is 5.54 Å². The Morgan fingerprint density at radius 3 is 1.17 bits per heavy atom. The highest BCUT2D eigenvalue weighted by Crippen LogP contribution is 2.51. The highest BCUT2D eigenvalue weighted by Gasteiger charge is 2.56. The Hall–Kier alpha value is -4.98. The number of methoxy groups -OCH3 is 2. The van der Waals surface area contributed by atoms with Gasteiger partial charge in [0.25, 0.3) is 5.91 Å². The van der Waals surface area contributed by atoms with Crippen LogP contribution in [0.25, 0.3) is 0 Å². The van der Waals surface area contributed by atoms with Crippen LogP contribution in [0.5, 0.6) is 0 Å². The summed E-state index contributed by atoms with van der Waals surface area (Å²) in [6, 6.07) is 0.956. The van der Waals surface area contributed by atoms with Crippen molar-refractivity contribution in [2.24, 2.45) is 0 Å². The monoisotopic (exact) mass is 2270 g/mol. The van der Waals surface area contributed by atoms with E-state index in [9.17, 15) is 44.2 Å². The fourth-order valence-corrected chi connectivity index (χ4v) is 29.2. The molecule has 4 N–H and O–H groups in total. The van der Waals surface area contributed by atoms with Crippen LogP contribution in [0.2, 0.25) is 0 Å². The van der Waals surface area contributed by atoms with Crippen molar-refractivity contribution in [3.05, 3.63) is 109 Å². The Labute approximate surface area is 912 Å². The van der Waals surface area contributed by atoms with Gasteiger partial charge in [-0.2, -0.15) is 0 Å². The van der Waals surface area contributed by atoms with Gasteiger partial charge in [-0.25, -0.2) is 78.8 Å². The lowest BCUT2D eigenvalue weighted by molar-refractivity contribution is -0.126. The summed E-state index contributed by atoms with van der Waals surface area (Å²) in [6.07, 6.45) is 17.3. The zero-order valence-electron chi connectivity index (χ0n) is 93.9. The van der Waals surface area contributed by atoms with Gasteiger partial charge in [0, 0.05) is 300 Å². The van der Waals surface area contributed by atoms with Crippen molar-refractivity contribution in [1.29, 1.82) is 0 Å². The van der Waals surface area contributed by atoms with Crippen LogP contribution in [0.4, 0.5) is 9.59 Å². The normalized spacial score (nSPS) is 19.2. The predicted octanol–water partition coefficient (Wildman–Crippen LogP) is 16.5. The molecule has 0 spiro atoms. The van der Waals surface area contributed by atoms with Crippen LogP contribution in [-0.4, -0.2) is 306 Å². The highest BCUT2D eigenvalue weighted by molar-refractivity contribution is 7.89. The predicted molar refractivity (Wildman–Crippen MR) is 602 cm³/mol. The lowest BCUT2D eigenvalue weighted by Crippen LogP contribution is -2.51.